The minimum absolute atomic E-state index is 0.0128. The number of nitrogens with zero attached hydrogens (tertiary/aromatic N) is 1. The third-order valence-corrected chi connectivity index (χ3v) is 4.33. The van der Waals surface area contributed by atoms with Crippen molar-refractivity contribution in [2.45, 2.75) is 32.8 Å². The molecule has 1 unspecified atom stereocenters. The van der Waals surface area contributed by atoms with Gasteiger partial charge in [0.05, 0.1) is 5.75 Å². The number of amides is 2. The van der Waals surface area contributed by atoms with Crippen LogP contribution in [-0.4, -0.2) is 38.3 Å². The Morgan fingerprint density at radius 3 is 2.44 bits per heavy atom. The van der Waals surface area contributed by atoms with E-state index in [1.807, 2.05) is 0 Å². The summed E-state index contributed by atoms with van der Waals surface area (Å²) in [5, 5.41) is 2.57. The highest BCUT2D eigenvalue weighted by molar-refractivity contribution is 7.86. The lowest BCUT2D eigenvalue weighted by molar-refractivity contribution is -0.117. The summed E-state index contributed by atoms with van der Waals surface area (Å²) in [5.74, 6) is -1.49. The number of benzene rings is 1. The number of nitrogens with one attached hydrogen (secondary N) is 1. The summed E-state index contributed by atoms with van der Waals surface area (Å²) in [6.45, 7) is 5.40. The molecule has 1 atom stereocenters. The number of hydrogen-bond acceptors (Lipinski definition) is 5. The van der Waals surface area contributed by atoms with Gasteiger partial charge in [-0.3, -0.25) is 10.1 Å². The van der Waals surface area contributed by atoms with Crippen LogP contribution in [0, 0.1) is 5.92 Å². The predicted molar refractivity (Wildman–Crippen MR) is 91.7 cm³/mol. The number of halogens is 1. The highest BCUT2D eigenvalue weighted by Crippen LogP contribution is 2.27. The lowest BCUT2D eigenvalue weighted by atomic mass is 10.1. The molecule has 7 nitrogen and oxygen atoms in total. The van der Waals surface area contributed by atoms with Crippen molar-refractivity contribution in [1.82, 2.24) is 0 Å². The molecule has 9 heteroatoms. The number of rotatable bonds is 4. The summed E-state index contributed by atoms with van der Waals surface area (Å²) in [6.07, 6.45) is -0.605. The zero-order valence-electron chi connectivity index (χ0n) is 14.3. The fourth-order valence-corrected chi connectivity index (χ4v) is 3.36. The van der Waals surface area contributed by atoms with Crippen LogP contribution in [-0.2, 0) is 19.8 Å². The van der Waals surface area contributed by atoms with Gasteiger partial charge in [-0.1, -0.05) is 0 Å². The Kier molecular flexibility index (Phi) is 5.36. The maximum Gasteiger partial charge on any atom is 0.412 e. The lowest BCUT2D eigenvalue weighted by Gasteiger charge is -2.20. The molecule has 0 spiro atoms. The molecule has 0 aliphatic carbocycles. The van der Waals surface area contributed by atoms with Crippen LogP contribution in [0.4, 0.5) is 20.1 Å². The fourth-order valence-electron chi connectivity index (χ4n) is 2.57. The summed E-state index contributed by atoms with van der Waals surface area (Å²) in [5.41, 5.74) is 0.434. The molecule has 1 N–H and O–H groups in total. The first kappa shape index (κ1) is 19.2. The third-order valence-electron chi connectivity index (χ3n) is 3.46. The average Bonchev–Trinajstić information content (AvgIpc) is 2.75. The van der Waals surface area contributed by atoms with Crippen molar-refractivity contribution < 1.29 is 26.6 Å². The number of hydrogen-bond donors (Lipinski definition) is 1. The van der Waals surface area contributed by atoms with Crippen molar-refractivity contribution in [3.8, 4) is 0 Å². The molecule has 1 heterocycles. The van der Waals surface area contributed by atoms with Crippen molar-refractivity contribution in [3.05, 3.63) is 24.3 Å². The predicted octanol–water partition coefficient (Wildman–Crippen LogP) is 2.69. The first-order valence-electron chi connectivity index (χ1n) is 7.76. The number of ether oxygens (including phenoxy) is 1. The Morgan fingerprint density at radius 1 is 1.32 bits per heavy atom. The van der Waals surface area contributed by atoms with Gasteiger partial charge < -0.3 is 9.64 Å². The van der Waals surface area contributed by atoms with Gasteiger partial charge in [0.25, 0.3) is 0 Å². The molecule has 1 aromatic carbocycles. The molecule has 0 radical (unpaired) electrons. The summed E-state index contributed by atoms with van der Waals surface area (Å²) < 4.78 is 39.4. The molecule has 1 fully saturated rings. The Hall–Kier alpha value is -2.16. The summed E-state index contributed by atoms with van der Waals surface area (Å²) in [6, 6.07) is 6.45. The van der Waals surface area contributed by atoms with Crippen LogP contribution >= 0.6 is 0 Å². The highest BCUT2D eigenvalue weighted by Gasteiger charge is 2.33. The molecule has 138 valence electrons. The molecule has 1 saturated heterocycles. The Labute approximate surface area is 146 Å². The molecular weight excluding hydrogens is 351 g/mol. The number of anilines is 2. The zero-order valence-corrected chi connectivity index (χ0v) is 15.1. The van der Waals surface area contributed by atoms with Gasteiger partial charge in [-0.25, -0.2) is 4.79 Å². The van der Waals surface area contributed by atoms with E-state index >= 15 is 0 Å². The molecule has 0 bridgehead atoms. The monoisotopic (exact) mass is 372 g/mol. The van der Waals surface area contributed by atoms with Crippen LogP contribution in [0.1, 0.15) is 27.2 Å². The van der Waals surface area contributed by atoms with Crippen molar-refractivity contribution >= 4 is 33.6 Å². The summed E-state index contributed by atoms with van der Waals surface area (Å²) in [4.78, 5) is 25.1. The molecular formula is C16H21FN2O5S. The Balaban J connectivity index is 2.00. The quantitative estimate of drug-likeness (QED) is 0.820. The van der Waals surface area contributed by atoms with E-state index in [1.165, 1.54) is 4.90 Å². The summed E-state index contributed by atoms with van der Waals surface area (Å²) >= 11 is 0. The van der Waals surface area contributed by atoms with Gasteiger partial charge in [-0.2, -0.15) is 8.42 Å². The molecule has 2 rings (SSSR count). The second-order valence-corrected chi connectivity index (χ2v) is 8.36. The molecule has 0 aromatic heterocycles. The fraction of sp³-hybridized carbons (Fsp3) is 0.500. The maximum absolute atomic E-state index is 12.8. The molecule has 1 aliphatic heterocycles. The van der Waals surface area contributed by atoms with Gasteiger partial charge in [0.2, 0.25) is 5.91 Å². The van der Waals surface area contributed by atoms with Crippen LogP contribution in [0.5, 0.6) is 0 Å². The minimum Gasteiger partial charge on any atom is -0.444 e. The average molecular weight is 372 g/mol. The molecule has 1 aromatic rings. The topological polar surface area (TPSA) is 92.8 Å². The molecule has 0 saturated carbocycles. The highest BCUT2D eigenvalue weighted by atomic mass is 32.3. The van der Waals surface area contributed by atoms with Crippen LogP contribution in [0.3, 0.4) is 0 Å². The van der Waals surface area contributed by atoms with E-state index in [2.05, 4.69) is 5.32 Å². The lowest BCUT2D eigenvalue weighted by Crippen LogP contribution is -2.27. The summed E-state index contributed by atoms with van der Waals surface area (Å²) in [7, 11) is -4.61. The standard InChI is InChI=1S/C16H21FN2O5S/c1-16(2,3)24-15(21)18-12-4-6-13(7-5-12)19-9-11(8-14(19)20)10-25(17,22)23/h4-7,11H,8-10H2,1-3H3,(H,18,21). The maximum atomic E-state index is 12.8. The molecule has 1 aliphatic rings. The van der Waals surface area contributed by atoms with Gasteiger partial charge in [0, 0.05) is 30.3 Å². The third kappa shape index (κ3) is 6.00. The first-order chi connectivity index (χ1) is 11.4. The van der Waals surface area contributed by atoms with E-state index < -0.39 is 33.6 Å². The van der Waals surface area contributed by atoms with E-state index in [0.29, 0.717) is 11.4 Å². The molecule has 25 heavy (non-hydrogen) atoms. The molecule has 2 amide bonds. The van der Waals surface area contributed by atoms with E-state index in [-0.39, 0.29) is 18.9 Å². The second kappa shape index (κ2) is 6.99. The van der Waals surface area contributed by atoms with Crippen molar-refractivity contribution in [3.63, 3.8) is 0 Å². The van der Waals surface area contributed by atoms with E-state index in [0.717, 1.165) is 0 Å². The van der Waals surface area contributed by atoms with E-state index in [4.69, 9.17) is 4.74 Å². The smallest absolute Gasteiger partial charge is 0.412 e. The Bertz CT molecular complexity index is 756. The van der Waals surface area contributed by atoms with Crippen molar-refractivity contribution in [2.75, 3.05) is 22.5 Å². The van der Waals surface area contributed by atoms with Gasteiger partial charge in [0.1, 0.15) is 5.60 Å². The van der Waals surface area contributed by atoms with Gasteiger partial charge in [-0.15, -0.1) is 3.89 Å². The van der Waals surface area contributed by atoms with Crippen molar-refractivity contribution in [2.24, 2.45) is 5.92 Å². The van der Waals surface area contributed by atoms with Crippen LogP contribution in [0.2, 0.25) is 0 Å². The van der Waals surface area contributed by atoms with Gasteiger partial charge >= 0.3 is 16.3 Å². The van der Waals surface area contributed by atoms with E-state index in [9.17, 15) is 21.9 Å². The largest absolute Gasteiger partial charge is 0.444 e. The minimum atomic E-state index is -4.61. The second-order valence-electron chi connectivity index (χ2n) is 6.95. The van der Waals surface area contributed by atoms with Gasteiger partial charge in [-0.05, 0) is 45.0 Å². The SMILES string of the molecule is CC(C)(C)OC(=O)Nc1ccc(N2CC(CS(=O)(=O)F)CC2=O)cc1. The van der Waals surface area contributed by atoms with Crippen molar-refractivity contribution in [1.29, 1.82) is 0 Å². The van der Waals surface area contributed by atoms with E-state index in [1.54, 1.807) is 45.0 Å². The number of carbonyl (C=O) groups excluding carboxylic acids is 2. The normalized spacial score (nSPS) is 18.3. The van der Waals surface area contributed by atoms with Crippen LogP contribution in [0.15, 0.2) is 24.3 Å². The van der Waals surface area contributed by atoms with Crippen LogP contribution < -0.4 is 10.2 Å². The Morgan fingerprint density at radius 2 is 1.92 bits per heavy atom. The van der Waals surface area contributed by atoms with Gasteiger partial charge in [0.15, 0.2) is 0 Å². The first-order valence-corrected chi connectivity index (χ1v) is 9.31. The number of carbonyl (C=O) groups is 2. The zero-order chi connectivity index (χ0) is 18.8. The van der Waals surface area contributed by atoms with Crippen LogP contribution in [0.25, 0.3) is 0 Å².